The molecule has 0 aromatic carbocycles. The Balaban J connectivity index is 4.14. The number of aliphatic carboxylic acids is 1. The number of methoxy groups -OCH3 is 1. The average molecular weight is 177 g/mol. The van der Waals surface area contributed by atoms with E-state index in [-0.39, 0.29) is 0 Å². The second kappa shape index (κ2) is 4.55. The van der Waals surface area contributed by atoms with E-state index in [1.54, 1.807) is 0 Å². The third-order valence-electron chi connectivity index (χ3n) is 1.21. The Hall–Kier alpha value is -1.30. The molecule has 0 aromatic rings. The van der Waals surface area contributed by atoms with Gasteiger partial charge in [-0.25, -0.2) is 9.59 Å². The topological polar surface area (TPSA) is 95.9 Å². The molecule has 0 aliphatic heterocycles. The lowest BCUT2D eigenvalue weighted by atomic mass is 10.2. The van der Waals surface area contributed by atoms with Crippen LogP contribution >= 0.6 is 0 Å². The summed E-state index contributed by atoms with van der Waals surface area (Å²) in [6.45, 7) is 1.26. The number of alkyl carbamates (subject to hydrolysis) is 1. The zero-order valence-corrected chi connectivity index (χ0v) is 6.77. The van der Waals surface area contributed by atoms with Crippen molar-refractivity contribution in [3.05, 3.63) is 0 Å². The van der Waals surface area contributed by atoms with E-state index in [0.717, 1.165) is 7.11 Å². The van der Waals surface area contributed by atoms with E-state index in [0.29, 0.717) is 0 Å². The van der Waals surface area contributed by atoms with Crippen molar-refractivity contribution < 1.29 is 24.5 Å². The Morgan fingerprint density at radius 3 is 2.25 bits per heavy atom. The number of carboxylic acid groups (broad SMARTS) is 1. The Bertz CT molecular complexity index is 179. The summed E-state index contributed by atoms with van der Waals surface area (Å²) in [6, 6.07) is -1.34. The molecule has 0 radical (unpaired) electrons. The fourth-order valence-corrected chi connectivity index (χ4v) is 0.575. The summed E-state index contributed by atoms with van der Waals surface area (Å²) in [5.74, 6) is -1.31. The van der Waals surface area contributed by atoms with Crippen LogP contribution in [-0.2, 0) is 9.53 Å². The van der Waals surface area contributed by atoms with Crippen LogP contribution in [0.1, 0.15) is 6.92 Å². The van der Waals surface area contributed by atoms with E-state index < -0.39 is 24.2 Å². The van der Waals surface area contributed by atoms with Gasteiger partial charge < -0.3 is 20.3 Å². The second-order valence-corrected chi connectivity index (χ2v) is 2.19. The predicted octanol–water partition coefficient (Wildman–Crippen LogP) is -0.824. The van der Waals surface area contributed by atoms with E-state index in [9.17, 15) is 9.59 Å². The van der Waals surface area contributed by atoms with Crippen molar-refractivity contribution in [1.29, 1.82) is 0 Å². The first kappa shape index (κ1) is 10.7. The molecule has 0 aromatic heterocycles. The van der Waals surface area contributed by atoms with Gasteiger partial charge in [-0.1, -0.05) is 0 Å². The number of carbonyl (C=O) groups is 2. The molecule has 0 bridgehead atoms. The minimum Gasteiger partial charge on any atom is -0.480 e. The van der Waals surface area contributed by atoms with Crippen molar-refractivity contribution in [3.63, 3.8) is 0 Å². The van der Waals surface area contributed by atoms with Crippen LogP contribution in [0.3, 0.4) is 0 Å². The molecule has 1 amide bonds. The highest BCUT2D eigenvalue weighted by Crippen LogP contribution is 1.93. The number of carboxylic acids is 1. The van der Waals surface area contributed by atoms with Crippen LogP contribution in [-0.4, -0.2) is 41.5 Å². The Morgan fingerprint density at radius 2 is 2.00 bits per heavy atom. The van der Waals surface area contributed by atoms with Gasteiger partial charge in [0.05, 0.1) is 13.2 Å². The number of ether oxygens (including phenoxy) is 1. The average Bonchev–Trinajstić information content (AvgIpc) is 1.98. The van der Waals surface area contributed by atoms with E-state index >= 15 is 0 Å². The van der Waals surface area contributed by atoms with Crippen molar-refractivity contribution in [3.8, 4) is 0 Å². The van der Waals surface area contributed by atoms with Crippen LogP contribution < -0.4 is 5.32 Å². The number of rotatable bonds is 3. The third kappa shape index (κ3) is 3.20. The smallest absolute Gasteiger partial charge is 0.407 e. The maximum atomic E-state index is 10.5. The van der Waals surface area contributed by atoms with E-state index in [1.807, 2.05) is 5.32 Å². The standard InChI is InChI=1S/C6H11NO5/c1-3(8)4(5(9)10)7-6(11)12-2/h3-4,8H,1-2H3,(H,7,11)(H,9,10). The number of carbonyl (C=O) groups excluding carboxylic acids is 1. The monoisotopic (exact) mass is 177 g/mol. The van der Waals surface area contributed by atoms with E-state index in [1.165, 1.54) is 6.92 Å². The van der Waals surface area contributed by atoms with E-state index in [4.69, 9.17) is 10.2 Å². The third-order valence-corrected chi connectivity index (χ3v) is 1.21. The molecule has 6 nitrogen and oxygen atoms in total. The molecule has 6 heteroatoms. The van der Waals surface area contributed by atoms with Crippen LogP contribution in [0.4, 0.5) is 4.79 Å². The molecule has 0 heterocycles. The highest BCUT2D eigenvalue weighted by Gasteiger charge is 2.24. The van der Waals surface area contributed by atoms with Gasteiger partial charge in [-0.15, -0.1) is 0 Å². The van der Waals surface area contributed by atoms with E-state index in [2.05, 4.69) is 4.74 Å². The molecule has 70 valence electrons. The normalized spacial score (nSPS) is 14.6. The quantitative estimate of drug-likeness (QED) is 0.523. The summed E-state index contributed by atoms with van der Waals surface area (Å²) in [5.41, 5.74) is 0. The van der Waals surface area contributed by atoms with Gasteiger partial charge in [0.2, 0.25) is 0 Å². The van der Waals surface area contributed by atoms with Crippen LogP contribution in [0, 0.1) is 0 Å². The van der Waals surface area contributed by atoms with Gasteiger partial charge in [0.1, 0.15) is 0 Å². The molecule has 0 rings (SSSR count). The van der Waals surface area contributed by atoms with Crippen molar-refractivity contribution in [2.24, 2.45) is 0 Å². The van der Waals surface area contributed by atoms with Crippen LogP contribution in [0.5, 0.6) is 0 Å². The summed E-state index contributed by atoms with van der Waals surface area (Å²) in [6.07, 6.45) is -2.05. The highest BCUT2D eigenvalue weighted by molar-refractivity contribution is 5.80. The first-order chi connectivity index (χ1) is 5.49. The summed E-state index contributed by atoms with van der Waals surface area (Å²) in [4.78, 5) is 20.9. The van der Waals surface area contributed by atoms with Crippen molar-refractivity contribution in [1.82, 2.24) is 5.32 Å². The van der Waals surface area contributed by atoms with Gasteiger partial charge in [0, 0.05) is 0 Å². The van der Waals surface area contributed by atoms with Gasteiger partial charge in [-0.2, -0.15) is 0 Å². The molecule has 0 fully saturated rings. The SMILES string of the molecule is COC(=O)NC(C(=O)O)C(C)O. The van der Waals surface area contributed by atoms with Gasteiger partial charge in [-0.3, -0.25) is 0 Å². The first-order valence-corrected chi connectivity index (χ1v) is 3.24. The molecule has 0 saturated carbocycles. The lowest BCUT2D eigenvalue weighted by Gasteiger charge is -2.15. The minimum absolute atomic E-state index is 0.886. The van der Waals surface area contributed by atoms with Crippen molar-refractivity contribution in [2.75, 3.05) is 7.11 Å². The van der Waals surface area contributed by atoms with Gasteiger partial charge in [0.15, 0.2) is 6.04 Å². The fraction of sp³-hybridized carbons (Fsp3) is 0.667. The molecule has 0 saturated heterocycles. The molecule has 0 aliphatic carbocycles. The fourth-order valence-electron chi connectivity index (χ4n) is 0.575. The van der Waals surface area contributed by atoms with Crippen LogP contribution in [0.25, 0.3) is 0 Å². The minimum atomic E-state index is -1.34. The number of aliphatic hydroxyl groups excluding tert-OH is 1. The molecule has 3 N–H and O–H groups in total. The van der Waals surface area contributed by atoms with Gasteiger partial charge in [-0.05, 0) is 6.92 Å². The molecular weight excluding hydrogens is 166 g/mol. The second-order valence-electron chi connectivity index (χ2n) is 2.19. The van der Waals surface area contributed by atoms with Crippen molar-refractivity contribution in [2.45, 2.75) is 19.1 Å². The number of nitrogens with one attached hydrogen (secondary N) is 1. The lowest BCUT2D eigenvalue weighted by molar-refractivity contribution is -0.141. The number of hydrogen-bond acceptors (Lipinski definition) is 4. The maximum Gasteiger partial charge on any atom is 0.407 e. The van der Waals surface area contributed by atoms with Gasteiger partial charge >= 0.3 is 12.1 Å². The molecule has 2 atom stereocenters. The molecule has 12 heavy (non-hydrogen) atoms. The Labute approximate surface area is 69.1 Å². The maximum absolute atomic E-state index is 10.5. The largest absolute Gasteiger partial charge is 0.480 e. The number of aliphatic hydroxyl groups is 1. The highest BCUT2D eigenvalue weighted by atomic mass is 16.5. The molecule has 2 unspecified atom stereocenters. The summed E-state index contributed by atoms with van der Waals surface area (Å²) >= 11 is 0. The first-order valence-electron chi connectivity index (χ1n) is 3.24. The molecule has 0 aliphatic rings. The lowest BCUT2D eigenvalue weighted by Crippen LogP contribution is -2.47. The number of hydrogen-bond donors (Lipinski definition) is 3. The van der Waals surface area contributed by atoms with Crippen LogP contribution in [0.2, 0.25) is 0 Å². The summed E-state index contributed by atoms with van der Waals surface area (Å²) < 4.78 is 4.16. The Morgan fingerprint density at radius 1 is 1.50 bits per heavy atom. The van der Waals surface area contributed by atoms with Crippen LogP contribution in [0.15, 0.2) is 0 Å². The zero-order valence-electron chi connectivity index (χ0n) is 6.77. The summed E-state index contributed by atoms with van der Waals surface area (Å²) in [5, 5.41) is 19.3. The van der Waals surface area contributed by atoms with Gasteiger partial charge in [0.25, 0.3) is 0 Å². The molecular formula is C6H11NO5. The Kier molecular flexibility index (Phi) is 4.06. The predicted molar refractivity (Wildman–Crippen MR) is 38.6 cm³/mol. The summed E-state index contributed by atoms with van der Waals surface area (Å²) in [7, 11) is 1.11. The molecule has 0 spiro atoms. The zero-order chi connectivity index (χ0) is 9.72. The van der Waals surface area contributed by atoms with Crippen molar-refractivity contribution >= 4 is 12.1 Å². The number of amides is 1.